The monoisotopic (exact) mass is 500 g/mol. The standard InChI is InChI=1S/C28H29FN6O2/c1-28(20-7-9-21(29)10-8-20)11-15-35(16-12-28)27(37)23-17-22-25(31-14-13-30-18-36)33-24(34-26(22)32-23)19-5-3-2-4-6-19/h2-10,17-18H,11-16H2,1H3,(H,30,36)(H2,31,32,33,34). The zero-order valence-corrected chi connectivity index (χ0v) is 20.6. The van der Waals surface area contributed by atoms with E-state index in [1.54, 1.807) is 6.07 Å². The SMILES string of the molecule is CC1(c2ccc(F)cc2)CCN(C(=O)c2cc3c(NCCNC=O)nc(-c4ccccc4)nc3[nH]2)CC1. The molecule has 1 aliphatic heterocycles. The first-order valence-electron chi connectivity index (χ1n) is 12.4. The van der Waals surface area contributed by atoms with Gasteiger partial charge in [-0.15, -0.1) is 0 Å². The highest BCUT2D eigenvalue weighted by Crippen LogP contribution is 2.36. The van der Waals surface area contributed by atoms with Crippen molar-refractivity contribution in [2.75, 3.05) is 31.5 Å². The van der Waals surface area contributed by atoms with E-state index < -0.39 is 0 Å². The van der Waals surface area contributed by atoms with Gasteiger partial charge in [0.1, 0.15) is 23.0 Å². The largest absolute Gasteiger partial charge is 0.368 e. The fourth-order valence-corrected chi connectivity index (χ4v) is 4.80. The number of hydrogen-bond donors (Lipinski definition) is 3. The van der Waals surface area contributed by atoms with Crippen LogP contribution in [0.1, 0.15) is 35.8 Å². The van der Waals surface area contributed by atoms with Crippen LogP contribution < -0.4 is 10.6 Å². The Hall–Kier alpha value is -4.27. The molecule has 1 saturated heterocycles. The molecule has 1 fully saturated rings. The summed E-state index contributed by atoms with van der Waals surface area (Å²) in [5, 5.41) is 6.59. The normalized spacial score (nSPS) is 14.9. The van der Waals surface area contributed by atoms with Crippen LogP contribution >= 0.6 is 0 Å². The molecule has 0 bridgehead atoms. The van der Waals surface area contributed by atoms with Crippen LogP contribution in [0.2, 0.25) is 0 Å². The second kappa shape index (κ2) is 10.4. The minimum Gasteiger partial charge on any atom is -0.368 e. The van der Waals surface area contributed by atoms with Crippen molar-refractivity contribution in [2.45, 2.75) is 25.2 Å². The van der Waals surface area contributed by atoms with Gasteiger partial charge in [0.2, 0.25) is 6.41 Å². The van der Waals surface area contributed by atoms with Crippen LogP contribution in [0.5, 0.6) is 0 Å². The van der Waals surface area contributed by atoms with Crippen LogP contribution in [-0.4, -0.2) is 58.3 Å². The molecule has 3 N–H and O–H groups in total. The molecule has 8 nitrogen and oxygen atoms in total. The maximum absolute atomic E-state index is 13.5. The molecular weight excluding hydrogens is 471 g/mol. The molecule has 5 rings (SSSR count). The number of rotatable bonds is 8. The van der Waals surface area contributed by atoms with Crippen molar-refractivity contribution in [1.29, 1.82) is 0 Å². The number of carbonyl (C=O) groups is 2. The number of likely N-dealkylation sites (tertiary alicyclic amines) is 1. The summed E-state index contributed by atoms with van der Waals surface area (Å²) in [4.78, 5) is 38.5. The second-order valence-electron chi connectivity index (χ2n) is 9.57. The predicted octanol–water partition coefficient (Wildman–Crippen LogP) is 4.12. The summed E-state index contributed by atoms with van der Waals surface area (Å²) in [6.45, 7) is 4.29. The Balaban J connectivity index is 1.38. The highest BCUT2D eigenvalue weighted by molar-refractivity contribution is 6.00. The van der Waals surface area contributed by atoms with E-state index >= 15 is 0 Å². The van der Waals surface area contributed by atoms with E-state index in [4.69, 9.17) is 4.98 Å². The van der Waals surface area contributed by atoms with E-state index in [9.17, 15) is 14.0 Å². The summed E-state index contributed by atoms with van der Waals surface area (Å²) in [7, 11) is 0. The van der Waals surface area contributed by atoms with E-state index in [1.807, 2.05) is 47.4 Å². The number of fused-ring (bicyclic) bond motifs is 1. The number of aromatic amines is 1. The molecule has 0 spiro atoms. The van der Waals surface area contributed by atoms with E-state index in [0.29, 0.717) is 61.0 Å². The van der Waals surface area contributed by atoms with Crippen LogP contribution in [0.4, 0.5) is 10.2 Å². The Bertz CT molecular complexity index is 1400. The lowest BCUT2D eigenvalue weighted by atomic mass is 9.74. The van der Waals surface area contributed by atoms with Crippen molar-refractivity contribution in [3.8, 4) is 11.4 Å². The maximum Gasteiger partial charge on any atom is 0.270 e. The van der Waals surface area contributed by atoms with Gasteiger partial charge in [-0.1, -0.05) is 49.4 Å². The Kier molecular flexibility index (Phi) is 6.85. The van der Waals surface area contributed by atoms with Crippen LogP contribution in [0.15, 0.2) is 60.7 Å². The van der Waals surface area contributed by atoms with Gasteiger partial charge < -0.3 is 20.5 Å². The molecule has 0 radical (unpaired) electrons. The van der Waals surface area contributed by atoms with Crippen molar-refractivity contribution in [3.05, 3.63) is 77.7 Å². The van der Waals surface area contributed by atoms with Gasteiger partial charge in [-0.05, 0) is 42.0 Å². The molecule has 2 amide bonds. The van der Waals surface area contributed by atoms with Gasteiger partial charge in [0.25, 0.3) is 5.91 Å². The number of H-pyrrole nitrogens is 1. The summed E-state index contributed by atoms with van der Waals surface area (Å²) < 4.78 is 13.4. The lowest BCUT2D eigenvalue weighted by Crippen LogP contribution is -2.44. The van der Waals surface area contributed by atoms with Crippen LogP contribution in [-0.2, 0) is 10.2 Å². The van der Waals surface area contributed by atoms with E-state index in [0.717, 1.165) is 24.0 Å². The number of nitrogens with zero attached hydrogens (tertiary/aromatic N) is 3. The van der Waals surface area contributed by atoms with Gasteiger partial charge in [-0.2, -0.15) is 0 Å². The molecular formula is C28H29FN6O2. The number of carbonyl (C=O) groups excluding carboxylic acids is 2. The number of amides is 2. The topological polar surface area (TPSA) is 103 Å². The summed E-state index contributed by atoms with van der Waals surface area (Å²) >= 11 is 0. The maximum atomic E-state index is 13.5. The van der Waals surface area contributed by atoms with Crippen LogP contribution in [0.25, 0.3) is 22.4 Å². The average molecular weight is 501 g/mol. The number of hydrogen-bond acceptors (Lipinski definition) is 5. The molecule has 3 heterocycles. The Morgan fingerprint density at radius 1 is 1.08 bits per heavy atom. The lowest BCUT2D eigenvalue weighted by molar-refractivity contribution is -0.109. The van der Waals surface area contributed by atoms with Crippen LogP contribution in [0.3, 0.4) is 0 Å². The molecule has 37 heavy (non-hydrogen) atoms. The molecule has 2 aromatic heterocycles. The number of benzene rings is 2. The average Bonchev–Trinajstić information content (AvgIpc) is 3.36. The van der Waals surface area contributed by atoms with E-state index in [1.165, 1.54) is 12.1 Å². The highest BCUT2D eigenvalue weighted by atomic mass is 19.1. The quantitative estimate of drug-likeness (QED) is 0.250. The van der Waals surface area contributed by atoms with Crippen molar-refractivity contribution in [2.24, 2.45) is 0 Å². The second-order valence-corrected chi connectivity index (χ2v) is 9.57. The molecule has 0 aliphatic carbocycles. The zero-order chi connectivity index (χ0) is 25.8. The fraction of sp³-hybridized carbons (Fsp3) is 0.286. The van der Waals surface area contributed by atoms with Crippen molar-refractivity contribution in [3.63, 3.8) is 0 Å². The highest BCUT2D eigenvalue weighted by Gasteiger charge is 2.34. The predicted molar refractivity (Wildman–Crippen MR) is 141 cm³/mol. The third-order valence-corrected chi connectivity index (χ3v) is 7.09. The summed E-state index contributed by atoms with van der Waals surface area (Å²) in [6, 6.07) is 18.1. The minimum atomic E-state index is -0.244. The molecule has 190 valence electrons. The van der Waals surface area contributed by atoms with Gasteiger partial charge in [0.15, 0.2) is 5.82 Å². The zero-order valence-electron chi connectivity index (χ0n) is 20.6. The Labute approximate surface area is 214 Å². The van der Waals surface area contributed by atoms with Crippen molar-refractivity contribution < 1.29 is 14.0 Å². The minimum absolute atomic E-state index is 0.0889. The molecule has 1 aliphatic rings. The number of halogens is 1. The summed E-state index contributed by atoms with van der Waals surface area (Å²) in [5.74, 6) is 0.794. The van der Waals surface area contributed by atoms with Crippen molar-refractivity contribution >= 4 is 29.2 Å². The molecule has 0 unspecified atom stereocenters. The third-order valence-electron chi connectivity index (χ3n) is 7.09. The third kappa shape index (κ3) is 5.16. The molecule has 9 heteroatoms. The molecule has 0 atom stereocenters. The van der Waals surface area contributed by atoms with Gasteiger partial charge >= 0.3 is 0 Å². The van der Waals surface area contributed by atoms with Gasteiger partial charge in [-0.3, -0.25) is 9.59 Å². The van der Waals surface area contributed by atoms with E-state index in [2.05, 4.69) is 27.5 Å². The van der Waals surface area contributed by atoms with Gasteiger partial charge in [0.05, 0.1) is 5.39 Å². The lowest BCUT2D eigenvalue weighted by Gasteiger charge is -2.39. The number of nitrogens with one attached hydrogen (secondary N) is 3. The van der Waals surface area contributed by atoms with Crippen molar-refractivity contribution in [1.82, 2.24) is 25.2 Å². The first kappa shape index (κ1) is 24.4. The van der Waals surface area contributed by atoms with E-state index in [-0.39, 0.29) is 17.1 Å². The number of aromatic nitrogens is 3. The number of piperidine rings is 1. The first-order valence-corrected chi connectivity index (χ1v) is 12.4. The van der Waals surface area contributed by atoms with Gasteiger partial charge in [-0.25, -0.2) is 14.4 Å². The summed E-state index contributed by atoms with van der Waals surface area (Å²) in [6.07, 6.45) is 2.23. The first-order chi connectivity index (χ1) is 18.0. The van der Waals surface area contributed by atoms with Gasteiger partial charge in [0, 0.05) is 31.7 Å². The summed E-state index contributed by atoms with van der Waals surface area (Å²) in [5.41, 5.74) is 2.87. The fourth-order valence-electron chi connectivity index (χ4n) is 4.80. The molecule has 4 aromatic rings. The molecule has 2 aromatic carbocycles. The van der Waals surface area contributed by atoms with Crippen LogP contribution in [0, 0.1) is 5.82 Å². The molecule has 0 saturated carbocycles. The number of anilines is 1. The Morgan fingerprint density at radius 3 is 2.51 bits per heavy atom. The smallest absolute Gasteiger partial charge is 0.270 e. The Morgan fingerprint density at radius 2 is 1.81 bits per heavy atom.